The first-order valence-electron chi connectivity index (χ1n) is 8.06. The van der Waals surface area contributed by atoms with E-state index in [1.54, 1.807) is 26.2 Å². The van der Waals surface area contributed by atoms with Crippen LogP contribution in [0, 0.1) is 0 Å². The molecule has 0 heterocycles. The molecular formula is C19H24N4O3. The lowest BCUT2D eigenvalue weighted by molar-refractivity contribution is 0.105. The normalized spacial score (nSPS) is 11.5. The molecule has 26 heavy (non-hydrogen) atoms. The third-order valence-corrected chi connectivity index (χ3v) is 3.82. The number of phenolic OH excluding ortho intramolecular Hbond substituents is 1. The molecule has 0 radical (unpaired) electrons. The van der Waals surface area contributed by atoms with Gasteiger partial charge in [0.15, 0.2) is 0 Å². The van der Waals surface area contributed by atoms with Crippen LogP contribution in [0.4, 0.5) is 4.79 Å². The first-order chi connectivity index (χ1) is 12.4. The third-order valence-electron chi connectivity index (χ3n) is 3.82. The summed E-state index contributed by atoms with van der Waals surface area (Å²) >= 11 is 0. The minimum absolute atomic E-state index is 0.144. The Bertz CT molecular complexity index is 758. The summed E-state index contributed by atoms with van der Waals surface area (Å²) in [6, 6.07) is 15.9. The molecule has 0 saturated heterocycles. The second-order valence-corrected chi connectivity index (χ2v) is 5.91. The minimum atomic E-state index is -0.480. The Morgan fingerprint density at radius 2 is 1.69 bits per heavy atom. The Labute approximate surface area is 153 Å². The monoisotopic (exact) mass is 356 g/mol. The summed E-state index contributed by atoms with van der Waals surface area (Å²) in [7, 11) is 3.26. The van der Waals surface area contributed by atoms with Crippen LogP contribution in [0.2, 0.25) is 0 Å². The van der Waals surface area contributed by atoms with Crippen LogP contribution in [0.1, 0.15) is 11.1 Å². The topological polar surface area (TPSA) is 105 Å². The number of ether oxygens (including phenoxy) is 1. The highest BCUT2D eigenvalue weighted by Gasteiger charge is 2.17. The number of hydrogen-bond donors (Lipinski definition) is 3. The maximum atomic E-state index is 12.2. The summed E-state index contributed by atoms with van der Waals surface area (Å²) in [4.78, 5) is 13.6. The van der Waals surface area contributed by atoms with Crippen LogP contribution in [0.15, 0.2) is 60.3 Å². The molecule has 2 aromatic carbocycles. The van der Waals surface area contributed by atoms with E-state index in [9.17, 15) is 9.90 Å². The van der Waals surface area contributed by atoms with Crippen molar-refractivity contribution in [3.05, 3.63) is 71.4 Å². The zero-order valence-corrected chi connectivity index (χ0v) is 14.9. The van der Waals surface area contributed by atoms with Gasteiger partial charge in [-0.3, -0.25) is 0 Å². The molecule has 7 nitrogen and oxygen atoms in total. The minimum Gasteiger partial charge on any atom is -0.508 e. The number of hydrazine groups is 1. The van der Waals surface area contributed by atoms with Crippen LogP contribution >= 0.6 is 0 Å². The maximum Gasteiger partial charge on any atom is 0.410 e. The lowest BCUT2D eigenvalue weighted by Gasteiger charge is -2.25. The molecule has 0 bridgehead atoms. The van der Waals surface area contributed by atoms with Crippen molar-refractivity contribution in [1.82, 2.24) is 9.91 Å². The summed E-state index contributed by atoms with van der Waals surface area (Å²) < 4.78 is 5.30. The van der Waals surface area contributed by atoms with E-state index in [1.807, 2.05) is 30.3 Å². The molecule has 0 atom stereocenters. The van der Waals surface area contributed by atoms with Crippen molar-refractivity contribution in [3.8, 4) is 5.75 Å². The van der Waals surface area contributed by atoms with Gasteiger partial charge in [-0.05, 0) is 35.4 Å². The van der Waals surface area contributed by atoms with E-state index in [0.717, 1.165) is 5.56 Å². The number of nitrogens with two attached hydrogens (primary N) is 2. The second-order valence-electron chi connectivity index (χ2n) is 5.91. The van der Waals surface area contributed by atoms with Crippen molar-refractivity contribution in [2.75, 3.05) is 20.6 Å². The molecule has 5 N–H and O–H groups in total. The van der Waals surface area contributed by atoms with Crippen molar-refractivity contribution < 1.29 is 14.6 Å². The van der Waals surface area contributed by atoms with Crippen molar-refractivity contribution in [2.45, 2.75) is 6.61 Å². The molecule has 1 amide bonds. The van der Waals surface area contributed by atoms with Gasteiger partial charge in [-0.25, -0.2) is 10.6 Å². The fraction of sp³-hybridized carbons (Fsp3) is 0.211. The van der Waals surface area contributed by atoms with Crippen molar-refractivity contribution >= 4 is 11.8 Å². The van der Waals surface area contributed by atoms with E-state index in [-0.39, 0.29) is 18.9 Å². The molecule has 2 rings (SSSR count). The quantitative estimate of drug-likeness (QED) is 0.541. The maximum absolute atomic E-state index is 12.2. The second kappa shape index (κ2) is 8.77. The number of benzene rings is 2. The highest BCUT2D eigenvalue weighted by Crippen LogP contribution is 2.18. The van der Waals surface area contributed by atoms with E-state index in [1.165, 1.54) is 22.0 Å². The van der Waals surface area contributed by atoms with E-state index in [2.05, 4.69) is 0 Å². The highest BCUT2D eigenvalue weighted by molar-refractivity contribution is 5.70. The number of rotatable bonds is 6. The standard InChI is InChI=1S/C19H24N4O3/c1-22(19(25)26-13-14-6-4-3-5-7-14)12-17(23(2)21)18(20)15-8-10-16(24)11-9-15/h3-11,24H,12-13,20-21H2,1-2H3/b18-17-. The Morgan fingerprint density at radius 3 is 2.27 bits per heavy atom. The van der Waals surface area contributed by atoms with E-state index < -0.39 is 6.09 Å². The van der Waals surface area contributed by atoms with Crippen LogP contribution in [0.25, 0.3) is 5.70 Å². The van der Waals surface area contributed by atoms with Gasteiger partial charge < -0.3 is 25.5 Å². The number of nitrogens with zero attached hydrogens (tertiary/aromatic N) is 2. The molecule has 2 aromatic rings. The van der Waals surface area contributed by atoms with Gasteiger partial charge in [-0.2, -0.15) is 0 Å². The Morgan fingerprint density at radius 1 is 1.08 bits per heavy atom. The van der Waals surface area contributed by atoms with Gasteiger partial charge in [-0.15, -0.1) is 0 Å². The molecule has 0 aliphatic heterocycles. The summed E-state index contributed by atoms with van der Waals surface area (Å²) in [5.74, 6) is 6.03. The van der Waals surface area contributed by atoms with E-state index in [0.29, 0.717) is 17.0 Å². The summed E-state index contributed by atoms with van der Waals surface area (Å²) in [6.45, 7) is 0.363. The average Bonchev–Trinajstić information content (AvgIpc) is 2.64. The molecule has 138 valence electrons. The lowest BCUT2D eigenvalue weighted by Crippen LogP contribution is -2.37. The number of likely N-dealkylation sites (N-methyl/N-ethyl adjacent to an activating group) is 2. The van der Waals surface area contributed by atoms with Crippen LogP contribution in [0.3, 0.4) is 0 Å². The van der Waals surface area contributed by atoms with Gasteiger partial charge in [0.05, 0.1) is 17.9 Å². The largest absolute Gasteiger partial charge is 0.508 e. The van der Waals surface area contributed by atoms with Crippen LogP contribution < -0.4 is 11.6 Å². The van der Waals surface area contributed by atoms with Gasteiger partial charge in [0, 0.05) is 14.1 Å². The predicted molar refractivity (Wildman–Crippen MR) is 100 cm³/mol. The van der Waals surface area contributed by atoms with Crippen molar-refractivity contribution in [3.63, 3.8) is 0 Å². The van der Waals surface area contributed by atoms with E-state index >= 15 is 0 Å². The predicted octanol–water partition coefficient (Wildman–Crippen LogP) is 2.09. The Balaban J connectivity index is 2.07. The number of phenols is 1. The number of aromatic hydroxyl groups is 1. The number of amides is 1. The molecule has 7 heteroatoms. The van der Waals surface area contributed by atoms with Crippen molar-refractivity contribution in [1.29, 1.82) is 0 Å². The molecule has 0 aliphatic rings. The molecule has 0 aromatic heterocycles. The molecule has 0 fully saturated rings. The highest BCUT2D eigenvalue weighted by atomic mass is 16.6. The van der Waals surface area contributed by atoms with Crippen LogP contribution in [-0.4, -0.2) is 41.7 Å². The molecular weight excluding hydrogens is 332 g/mol. The SMILES string of the molecule is CN(C/C(=C(/N)c1ccc(O)cc1)N(C)N)C(=O)OCc1ccccc1. The fourth-order valence-corrected chi connectivity index (χ4v) is 2.31. The zero-order chi connectivity index (χ0) is 19.1. The van der Waals surface area contributed by atoms with Crippen LogP contribution in [0.5, 0.6) is 5.75 Å². The van der Waals surface area contributed by atoms with Crippen LogP contribution in [-0.2, 0) is 11.3 Å². The summed E-state index contributed by atoms with van der Waals surface area (Å²) in [5.41, 5.74) is 8.77. The number of carbonyl (C=O) groups excluding carboxylic acids is 1. The van der Waals surface area contributed by atoms with Gasteiger partial charge in [0.1, 0.15) is 12.4 Å². The Hall–Kier alpha value is -3.19. The van der Waals surface area contributed by atoms with Gasteiger partial charge >= 0.3 is 6.09 Å². The van der Waals surface area contributed by atoms with Gasteiger partial charge in [0.2, 0.25) is 0 Å². The smallest absolute Gasteiger partial charge is 0.410 e. The number of hydrogen-bond acceptors (Lipinski definition) is 6. The number of carbonyl (C=O) groups is 1. The summed E-state index contributed by atoms with van der Waals surface area (Å²) in [6.07, 6.45) is -0.480. The van der Waals surface area contributed by atoms with Gasteiger partial charge in [-0.1, -0.05) is 30.3 Å². The van der Waals surface area contributed by atoms with E-state index in [4.69, 9.17) is 16.3 Å². The lowest BCUT2D eigenvalue weighted by atomic mass is 10.1. The molecule has 0 spiro atoms. The zero-order valence-electron chi connectivity index (χ0n) is 14.9. The molecule has 0 aliphatic carbocycles. The average molecular weight is 356 g/mol. The first-order valence-corrected chi connectivity index (χ1v) is 8.06. The van der Waals surface area contributed by atoms with Crippen molar-refractivity contribution in [2.24, 2.45) is 11.6 Å². The fourth-order valence-electron chi connectivity index (χ4n) is 2.31. The first kappa shape index (κ1) is 19.1. The van der Waals surface area contributed by atoms with Gasteiger partial charge in [0.25, 0.3) is 0 Å². The third kappa shape index (κ3) is 5.15. The molecule has 0 saturated carbocycles. The Kier molecular flexibility index (Phi) is 6.46. The summed E-state index contributed by atoms with van der Waals surface area (Å²) in [5, 5.41) is 10.8. The molecule has 0 unspecified atom stereocenters.